The normalized spacial score (nSPS) is 20.3. The van der Waals surface area contributed by atoms with Crippen molar-refractivity contribution in [2.45, 2.75) is 150 Å². The van der Waals surface area contributed by atoms with Crippen molar-refractivity contribution >= 4 is 112 Å². The first kappa shape index (κ1) is 102. The summed E-state index contributed by atoms with van der Waals surface area (Å²) in [7, 11) is 0. The van der Waals surface area contributed by atoms with Gasteiger partial charge >= 0.3 is 5.97 Å². The van der Waals surface area contributed by atoms with E-state index < -0.39 is 28.2 Å². The summed E-state index contributed by atoms with van der Waals surface area (Å²) in [5, 5.41) is 84.0. The zero-order chi connectivity index (χ0) is 97.9. The average Bonchev–Trinajstić information content (AvgIpc) is 1.45. The Hall–Kier alpha value is -11.2. The summed E-state index contributed by atoms with van der Waals surface area (Å²) in [5.74, 6) is 1.78. The van der Waals surface area contributed by atoms with E-state index in [1.165, 1.54) is 12.3 Å². The Morgan fingerprint density at radius 2 is 0.781 bits per heavy atom. The van der Waals surface area contributed by atoms with Gasteiger partial charge in [0.15, 0.2) is 43.4 Å². The van der Waals surface area contributed by atoms with Gasteiger partial charge in [0.2, 0.25) is 18.1 Å². The summed E-state index contributed by atoms with van der Waals surface area (Å²) in [6.07, 6.45) is 20.0. The van der Waals surface area contributed by atoms with Gasteiger partial charge in [0.1, 0.15) is 29.6 Å². The lowest BCUT2D eigenvalue weighted by molar-refractivity contribution is -0.910. The molecule has 22 nitrogen and oxygen atoms in total. The largest absolute Gasteiger partial charge is 0.618 e. The molecule has 0 spiro atoms. The summed E-state index contributed by atoms with van der Waals surface area (Å²) in [4.78, 5) is 56.4. The second kappa shape index (κ2) is 43.9. The number of Topliss-reactive ketones (excluding diaryl/α,β-unsaturated/α-hetero) is 3. The number of carbonyl (C=O) groups excluding carboxylic acids is 3. The van der Waals surface area contributed by atoms with Crippen molar-refractivity contribution in [1.29, 1.82) is 0 Å². The molecule has 0 aliphatic carbocycles. The highest BCUT2D eigenvalue weighted by atomic mass is 79.9. The van der Waals surface area contributed by atoms with E-state index in [-0.39, 0.29) is 53.6 Å². The van der Waals surface area contributed by atoms with Gasteiger partial charge in [0.05, 0.1) is 44.8 Å². The Bertz CT molecular complexity index is 6230. The van der Waals surface area contributed by atoms with Crippen LogP contribution in [-0.2, 0) is 43.2 Å². The number of benzene rings is 7. The Morgan fingerprint density at radius 1 is 0.438 bits per heavy atom. The van der Waals surface area contributed by atoms with E-state index in [0.29, 0.717) is 104 Å². The molecule has 3 fully saturated rings. The van der Waals surface area contributed by atoms with Gasteiger partial charge in [-0.3, -0.25) is 29.8 Å². The molecule has 7 aliphatic heterocycles. The van der Waals surface area contributed by atoms with Gasteiger partial charge in [-0.25, -0.2) is 4.79 Å². The number of allylic oxidation sites excluding steroid dienone is 2. The molecule has 3 saturated heterocycles. The maximum absolute atomic E-state index is 12.6. The second-order valence-corrected chi connectivity index (χ2v) is 40.2. The van der Waals surface area contributed by atoms with E-state index in [1.807, 2.05) is 140 Å². The van der Waals surface area contributed by atoms with Crippen LogP contribution in [0.5, 0.6) is 23.0 Å². The SMILES string of the molecule is CC(=O)c1ccc2c(c1)/C(=C/CCBr)c1ccc[n+](O)c1CO2.CC(=O)c1ccc2c(c1)/C(=C/CCBr)c1cccnc1CO2.CC(=O)c1ccc2c(c1)/C(=C/CCN1CCC(O)(c3ccc(Cl)cc3)C(C)(C)C1)c1ccc[n+](O)c1CO2.CC1(C)CN(CC/C=C2/c3cc(C(=O)O)ccc3OCc3c2ccc[n+]3[O-])CCC1(O)c1ccc(Cl)cc1.CC1(C)CNCCC1(O)c1ccc(Cl)cc1. The molecule has 18 rings (SSSR count). The van der Waals surface area contributed by atoms with Gasteiger partial charge in [0.25, 0.3) is 11.4 Å². The van der Waals surface area contributed by atoms with Crippen LogP contribution in [0.1, 0.15) is 233 Å². The number of alkyl halides is 2. The number of ether oxygens (including phenoxy) is 4. The number of nitrogens with one attached hydrogen (secondary N) is 1. The van der Waals surface area contributed by atoms with E-state index in [2.05, 4.69) is 124 Å². The van der Waals surface area contributed by atoms with E-state index in [9.17, 15) is 55.2 Å². The molecule has 0 saturated carbocycles. The number of hydrogen-bond donors (Lipinski definition) is 7. The van der Waals surface area contributed by atoms with Crippen LogP contribution in [0.2, 0.25) is 15.1 Å². The van der Waals surface area contributed by atoms with Crippen LogP contribution in [-0.4, -0.2) is 132 Å². The number of carbonyl (C=O) groups is 4. The van der Waals surface area contributed by atoms with Gasteiger partial charge in [-0.15, -0.1) is 0 Å². The van der Waals surface area contributed by atoms with Gasteiger partial charge < -0.3 is 59.7 Å². The Morgan fingerprint density at radius 3 is 1.16 bits per heavy atom. The predicted molar refractivity (Wildman–Crippen MR) is 539 cm³/mol. The van der Waals surface area contributed by atoms with Crippen molar-refractivity contribution in [1.82, 2.24) is 20.1 Å². The van der Waals surface area contributed by atoms with E-state index in [0.717, 1.165) is 186 Å². The van der Waals surface area contributed by atoms with Crippen molar-refractivity contribution in [3.63, 3.8) is 0 Å². The highest BCUT2D eigenvalue weighted by molar-refractivity contribution is 9.09. The number of halogens is 5. The van der Waals surface area contributed by atoms with Crippen LogP contribution in [0.15, 0.2) is 243 Å². The molecule has 7 N–H and O–H groups in total. The number of nitrogens with zero attached hydrogens (tertiary/aromatic N) is 6. The highest BCUT2D eigenvalue weighted by Gasteiger charge is 2.51. The molecule has 3 atom stereocenters. The van der Waals surface area contributed by atoms with Gasteiger partial charge in [-0.1, -0.05) is 175 Å². The molecule has 4 aromatic heterocycles. The third-order valence-electron chi connectivity index (χ3n) is 27.1. The standard InChI is InChI=1S/C31H34ClN2O4.C30H31ClN2O5.C18H17BrNO3.C18H16BrNO2.C13H18ClNO/c1-21(35)22-8-13-29-27(18-22)25(26-7-5-16-34(37)28(26)19-38-29)6-4-15-33-17-14-31(36,30(2,3)20-33)23-9-11-24(32)12-10-23;1-29(2)19-32(16-13-30(29,36)21-8-10-22(31)11-9-21)14-3-5-23-24-6-4-15-33(37)26(24)18-38-27-12-7-20(28(34)35)17-25(23)27;1-12(21)13-6-7-18-16(10-13)14(4-2-8-19)15-5-3-9-20(22)17(15)11-23-18;1-12(21)13-6-7-18-16(10-13)14(4-2-8-19)15-5-3-9-20-17(15)11-22-18;1-12(2)9-15-8-7-13(12,16)10-3-5-11(14)6-4-10/h5-13,16,18,36-37H,4,14-15,17,19-20H2,1-3H3;4-12,15,17,36H,3,13-14,16,18-19H2,1-2H3,(H,34,35);3-7,9-10,22H,2,8,11H2,1H3;3-7,9-10H,2,8,11H2,1H3;3-6,15-16H,7-9H2,1-2H3/q+1;;+1;;/b25-6+;23-5+;2*14-4+;. The fourth-order valence-corrected chi connectivity index (χ4v) is 20.0. The third kappa shape index (κ3) is 22.7. The summed E-state index contributed by atoms with van der Waals surface area (Å²) < 4.78 is 26.7. The number of carboxylic acid groups (broad SMARTS) is 1. The van der Waals surface area contributed by atoms with E-state index in [4.69, 9.17) is 53.8 Å². The van der Waals surface area contributed by atoms with Crippen molar-refractivity contribution < 1.29 is 83.2 Å². The molecular weight excluding hydrogens is 1930 g/mol. The minimum atomic E-state index is -1.02. The van der Waals surface area contributed by atoms with Crippen molar-refractivity contribution in [2.75, 3.05) is 63.0 Å². The lowest BCUT2D eigenvalue weighted by Gasteiger charge is -2.50. The smallest absolute Gasteiger partial charge is 0.335 e. The molecule has 11 aromatic rings. The molecule has 137 heavy (non-hydrogen) atoms. The van der Waals surface area contributed by atoms with Crippen LogP contribution < -0.4 is 38.5 Å². The number of piperidine rings is 3. The Labute approximate surface area is 831 Å². The summed E-state index contributed by atoms with van der Waals surface area (Å²) in [6, 6.07) is 58.9. The summed E-state index contributed by atoms with van der Waals surface area (Å²) >= 11 is 24.9. The predicted octanol–water partition coefficient (Wildman–Crippen LogP) is 20.9. The number of aliphatic hydroxyl groups is 3. The quantitative estimate of drug-likeness (QED) is 0.0147. The highest BCUT2D eigenvalue weighted by Crippen LogP contribution is 2.51. The minimum Gasteiger partial charge on any atom is -0.618 e. The van der Waals surface area contributed by atoms with Crippen LogP contribution in [0, 0.1) is 21.5 Å². The zero-order valence-electron chi connectivity index (χ0n) is 78.4. The molecule has 27 heteroatoms. The van der Waals surface area contributed by atoms with E-state index in [1.54, 1.807) is 81.8 Å². The van der Waals surface area contributed by atoms with E-state index >= 15 is 0 Å². The molecule has 714 valence electrons. The van der Waals surface area contributed by atoms with Crippen LogP contribution in [0.25, 0.3) is 22.3 Å². The summed E-state index contributed by atoms with van der Waals surface area (Å²) in [6.45, 7) is 24.5. The molecule has 3 unspecified atom stereocenters. The lowest BCUT2D eigenvalue weighted by atomic mass is 9.66. The fraction of sp³-hybridized carbons (Fsp3) is 0.327. The number of hydrogen-bond acceptors (Lipinski definition) is 18. The summed E-state index contributed by atoms with van der Waals surface area (Å²) in [5.41, 5.74) is 14.8. The molecular formula is C110H116Br2Cl3N7O15+2. The van der Waals surface area contributed by atoms with Crippen molar-refractivity contribution in [3.8, 4) is 23.0 Å². The maximum Gasteiger partial charge on any atom is 0.335 e. The molecule has 11 heterocycles. The molecule has 7 aromatic carbocycles. The fourth-order valence-electron chi connectivity index (χ4n) is 19.2. The third-order valence-corrected chi connectivity index (χ3v) is 28.8. The maximum atomic E-state index is 12.6. The number of likely N-dealkylation sites (tertiary alicyclic amines) is 2. The molecule has 0 bridgehead atoms. The first-order valence-electron chi connectivity index (χ1n) is 46.0. The van der Waals surface area contributed by atoms with Crippen LogP contribution in [0.4, 0.5) is 0 Å². The Kier molecular flexibility index (Phi) is 32.5. The van der Waals surface area contributed by atoms with Gasteiger partial charge in [-0.2, -0.15) is 4.73 Å². The second-order valence-electron chi connectivity index (χ2n) is 37.3. The number of aromatic nitrogens is 4. The number of carboxylic acids is 1. The molecule has 7 aliphatic rings. The monoisotopic (exact) mass is 2040 g/mol. The van der Waals surface area contributed by atoms with Gasteiger partial charge in [-0.05, 0) is 245 Å². The number of fused-ring (bicyclic) bond motifs is 8. The van der Waals surface area contributed by atoms with Gasteiger partial charge in [0, 0.05) is 166 Å². The minimum absolute atomic E-state index is 0.00868. The average molecular weight is 2040 g/mol. The number of rotatable bonds is 17. The molecule has 0 radical (unpaired) electrons. The first-order valence-corrected chi connectivity index (χ1v) is 49.3. The number of pyridine rings is 4. The topological polar surface area (TPSA) is 293 Å². The first-order chi connectivity index (χ1) is 65.4. The van der Waals surface area contributed by atoms with Crippen molar-refractivity contribution in [3.05, 3.63) is 370 Å². The van der Waals surface area contributed by atoms with Crippen LogP contribution >= 0.6 is 66.7 Å². The zero-order valence-corrected chi connectivity index (χ0v) is 83.8. The lowest BCUT2D eigenvalue weighted by Crippen LogP contribution is -2.55. The number of ketones is 3. The number of aromatic carboxylic acids is 1. The van der Waals surface area contributed by atoms with Crippen molar-refractivity contribution in [2.24, 2.45) is 16.2 Å². The Balaban J connectivity index is 0.000000142. The molecule has 0 amide bonds. The van der Waals surface area contributed by atoms with Crippen LogP contribution in [0.3, 0.4) is 0 Å².